The molecule has 0 saturated carbocycles. The van der Waals surface area contributed by atoms with Gasteiger partial charge in [0.1, 0.15) is 6.04 Å². The van der Waals surface area contributed by atoms with Crippen molar-refractivity contribution < 1.29 is 18.7 Å². The van der Waals surface area contributed by atoms with E-state index in [1.807, 2.05) is 84.9 Å². The first-order valence-corrected chi connectivity index (χ1v) is 11.5. The van der Waals surface area contributed by atoms with Crippen molar-refractivity contribution in [3.05, 3.63) is 131 Å². The highest BCUT2D eigenvalue weighted by molar-refractivity contribution is 5.95. The third kappa shape index (κ3) is 7.42. The Labute approximate surface area is 204 Å². The Morgan fingerprint density at radius 1 is 0.714 bits per heavy atom. The Hall–Kier alpha value is -4.16. The van der Waals surface area contributed by atoms with E-state index >= 15 is 0 Å². The largest absolute Gasteiger partial charge is 0.459 e. The average molecular weight is 469 g/mol. The van der Waals surface area contributed by atoms with Gasteiger partial charge in [-0.05, 0) is 34.4 Å². The van der Waals surface area contributed by atoms with Crippen LogP contribution in [0.25, 0.3) is 0 Å². The lowest BCUT2D eigenvalue weighted by molar-refractivity contribution is -0.123. The Morgan fingerprint density at radius 3 is 1.94 bits per heavy atom. The van der Waals surface area contributed by atoms with Gasteiger partial charge in [-0.25, -0.2) is 0 Å². The van der Waals surface area contributed by atoms with Crippen molar-refractivity contribution in [1.82, 2.24) is 10.6 Å². The van der Waals surface area contributed by atoms with E-state index in [1.54, 1.807) is 12.1 Å². The predicted molar refractivity (Wildman–Crippen MR) is 133 cm³/mol. The maximum absolute atomic E-state index is 13.0. The average Bonchev–Trinajstić information content (AvgIpc) is 3.44. The van der Waals surface area contributed by atoms with E-state index in [1.165, 1.54) is 6.26 Å². The highest BCUT2D eigenvalue weighted by Crippen LogP contribution is 2.10. The molecule has 0 aliphatic rings. The van der Waals surface area contributed by atoms with E-state index < -0.39 is 11.9 Å². The zero-order valence-corrected chi connectivity index (χ0v) is 19.4. The summed E-state index contributed by atoms with van der Waals surface area (Å²) in [7, 11) is 0. The molecule has 35 heavy (non-hydrogen) atoms. The summed E-state index contributed by atoms with van der Waals surface area (Å²) in [6, 6.07) is 30.0. The molecular formula is C29H28N2O4. The maximum atomic E-state index is 13.0. The van der Waals surface area contributed by atoms with Gasteiger partial charge >= 0.3 is 0 Å². The summed E-state index contributed by atoms with van der Waals surface area (Å²) in [6.45, 7) is 1.43. The third-order valence-corrected chi connectivity index (χ3v) is 5.52. The van der Waals surface area contributed by atoms with Gasteiger partial charge in [0.15, 0.2) is 5.76 Å². The smallest absolute Gasteiger partial charge is 0.287 e. The monoisotopic (exact) mass is 468 g/mol. The topological polar surface area (TPSA) is 80.6 Å². The molecule has 0 aliphatic carbocycles. The highest BCUT2D eigenvalue weighted by Gasteiger charge is 2.22. The molecule has 0 radical (unpaired) electrons. The molecule has 0 saturated heterocycles. The second kappa shape index (κ2) is 12.3. The second-order valence-corrected chi connectivity index (χ2v) is 8.21. The van der Waals surface area contributed by atoms with Gasteiger partial charge in [0.05, 0.1) is 19.5 Å². The van der Waals surface area contributed by atoms with Crippen molar-refractivity contribution in [2.75, 3.05) is 0 Å². The van der Waals surface area contributed by atoms with E-state index in [-0.39, 0.29) is 11.7 Å². The molecule has 0 aliphatic heterocycles. The Bertz CT molecular complexity index is 1190. The van der Waals surface area contributed by atoms with Gasteiger partial charge < -0.3 is 19.8 Å². The molecule has 2 N–H and O–H groups in total. The van der Waals surface area contributed by atoms with Gasteiger partial charge in [-0.2, -0.15) is 0 Å². The van der Waals surface area contributed by atoms with Gasteiger partial charge in [0.25, 0.3) is 5.91 Å². The quantitative estimate of drug-likeness (QED) is 0.336. The van der Waals surface area contributed by atoms with E-state index in [4.69, 9.17) is 9.15 Å². The fourth-order valence-corrected chi connectivity index (χ4v) is 3.62. The van der Waals surface area contributed by atoms with Crippen LogP contribution in [-0.2, 0) is 35.7 Å². The van der Waals surface area contributed by atoms with Crippen LogP contribution in [0.3, 0.4) is 0 Å². The lowest BCUT2D eigenvalue weighted by Crippen LogP contribution is -2.47. The number of amides is 2. The van der Waals surface area contributed by atoms with Crippen LogP contribution in [0, 0.1) is 0 Å². The van der Waals surface area contributed by atoms with Crippen molar-refractivity contribution in [3.63, 3.8) is 0 Å². The molecule has 1 atom stereocenters. The number of hydrogen-bond donors (Lipinski definition) is 2. The number of ether oxygens (including phenoxy) is 1. The number of carbonyl (C=O) groups excluding carboxylic acids is 2. The Kier molecular flexibility index (Phi) is 8.46. The molecule has 0 fully saturated rings. The summed E-state index contributed by atoms with van der Waals surface area (Å²) < 4.78 is 10.9. The van der Waals surface area contributed by atoms with E-state index in [9.17, 15) is 9.59 Å². The molecule has 4 rings (SSSR count). The molecule has 3 aromatic carbocycles. The van der Waals surface area contributed by atoms with Crippen molar-refractivity contribution >= 4 is 11.8 Å². The maximum Gasteiger partial charge on any atom is 0.287 e. The lowest BCUT2D eigenvalue weighted by atomic mass is 10.0. The van der Waals surface area contributed by atoms with E-state index in [0.717, 1.165) is 22.3 Å². The molecule has 4 aromatic rings. The van der Waals surface area contributed by atoms with Crippen molar-refractivity contribution in [2.45, 2.75) is 32.2 Å². The van der Waals surface area contributed by atoms with Crippen molar-refractivity contribution in [2.24, 2.45) is 0 Å². The molecule has 6 heteroatoms. The lowest BCUT2D eigenvalue weighted by Gasteiger charge is -2.18. The van der Waals surface area contributed by atoms with Crippen LogP contribution in [-0.4, -0.2) is 17.9 Å². The normalized spacial score (nSPS) is 11.5. The number of furan rings is 1. The number of hydrogen-bond acceptors (Lipinski definition) is 4. The molecule has 0 bridgehead atoms. The van der Waals surface area contributed by atoms with Gasteiger partial charge in [0, 0.05) is 13.0 Å². The first-order valence-electron chi connectivity index (χ1n) is 11.5. The summed E-state index contributed by atoms with van der Waals surface area (Å²) in [6.07, 6.45) is 1.80. The zero-order valence-electron chi connectivity index (χ0n) is 19.4. The molecular weight excluding hydrogens is 440 g/mol. The molecule has 0 spiro atoms. The van der Waals surface area contributed by atoms with E-state index in [0.29, 0.717) is 26.2 Å². The minimum atomic E-state index is -0.736. The van der Waals surface area contributed by atoms with Gasteiger partial charge in [-0.1, -0.05) is 84.9 Å². The van der Waals surface area contributed by atoms with Crippen molar-refractivity contribution in [1.29, 1.82) is 0 Å². The van der Waals surface area contributed by atoms with Gasteiger partial charge in [0.2, 0.25) is 5.91 Å². The standard InChI is InChI=1S/C29H28N2O4/c32-28(26(18-22-8-3-1-4-9-22)31-29(33)27-12-7-17-35-27)30-19-23-13-15-25(16-14-23)21-34-20-24-10-5-2-6-11-24/h1-17,26H,18-21H2,(H,30,32)(H,31,33). The van der Waals surface area contributed by atoms with Crippen molar-refractivity contribution in [3.8, 4) is 0 Å². The zero-order chi connectivity index (χ0) is 24.3. The van der Waals surface area contributed by atoms with Crippen LogP contribution in [0.1, 0.15) is 32.8 Å². The third-order valence-electron chi connectivity index (χ3n) is 5.52. The van der Waals surface area contributed by atoms with E-state index in [2.05, 4.69) is 10.6 Å². The fraction of sp³-hybridized carbons (Fsp3) is 0.172. The summed E-state index contributed by atoms with van der Waals surface area (Å²) in [4.78, 5) is 25.5. The SMILES string of the molecule is O=C(NC(Cc1ccccc1)C(=O)NCc1ccc(COCc2ccccc2)cc1)c1ccco1. The number of benzene rings is 3. The van der Waals surface area contributed by atoms with Crippen LogP contribution in [0.4, 0.5) is 0 Å². The van der Waals surface area contributed by atoms with Crippen LogP contribution in [0.15, 0.2) is 108 Å². The minimum Gasteiger partial charge on any atom is -0.459 e. The van der Waals surface area contributed by atoms with Crippen LogP contribution >= 0.6 is 0 Å². The van der Waals surface area contributed by atoms with Gasteiger partial charge in [-0.15, -0.1) is 0 Å². The van der Waals surface area contributed by atoms with Crippen LogP contribution in [0.2, 0.25) is 0 Å². The Morgan fingerprint density at radius 2 is 1.31 bits per heavy atom. The minimum absolute atomic E-state index is 0.168. The van der Waals surface area contributed by atoms with Crippen LogP contribution in [0.5, 0.6) is 0 Å². The summed E-state index contributed by atoms with van der Waals surface area (Å²) in [5.41, 5.74) is 4.10. The molecule has 1 heterocycles. The molecule has 1 unspecified atom stereocenters. The molecule has 178 valence electrons. The summed E-state index contributed by atoms with van der Waals surface area (Å²) in [5.74, 6) is -0.518. The molecule has 6 nitrogen and oxygen atoms in total. The number of carbonyl (C=O) groups is 2. The fourth-order valence-electron chi connectivity index (χ4n) is 3.62. The first kappa shape index (κ1) is 24.0. The Balaban J connectivity index is 1.31. The van der Waals surface area contributed by atoms with Crippen LogP contribution < -0.4 is 10.6 Å². The number of rotatable bonds is 11. The molecule has 2 amide bonds. The highest BCUT2D eigenvalue weighted by atomic mass is 16.5. The van der Waals surface area contributed by atoms with Gasteiger partial charge in [-0.3, -0.25) is 9.59 Å². The summed E-state index contributed by atoms with van der Waals surface area (Å²) in [5, 5.41) is 5.73. The predicted octanol–water partition coefficient (Wildman–Crippen LogP) is 4.65. The first-order chi connectivity index (χ1) is 17.2. The second-order valence-electron chi connectivity index (χ2n) is 8.21. The molecule has 1 aromatic heterocycles. The number of nitrogens with one attached hydrogen (secondary N) is 2. The summed E-state index contributed by atoms with van der Waals surface area (Å²) >= 11 is 0.